The summed E-state index contributed by atoms with van der Waals surface area (Å²) in [6.07, 6.45) is 3.53. The van der Waals surface area contributed by atoms with Crippen LogP contribution in [0.2, 0.25) is 0 Å². The van der Waals surface area contributed by atoms with Gasteiger partial charge in [0.15, 0.2) is 4.34 Å². The summed E-state index contributed by atoms with van der Waals surface area (Å²) in [6.45, 7) is 3.88. The maximum Gasteiger partial charge on any atom is 0.233 e. The first kappa shape index (κ1) is 18.7. The fourth-order valence-corrected chi connectivity index (χ4v) is 4.50. The van der Waals surface area contributed by atoms with Crippen LogP contribution in [-0.2, 0) is 4.79 Å². The fraction of sp³-hybridized carbons (Fsp3) is 0.471. The lowest BCUT2D eigenvalue weighted by molar-refractivity contribution is -0.128. The highest BCUT2D eigenvalue weighted by Crippen LogP contribution is 2.31. The molecule has 0 radical (unpaired) electrons. The van der Waals surface area contributed by atoms with Crippen molar-refractivity contribution in [2.75, 3.05) is 24.2 Å². The van der Waals surface area contributed by atoms with E-state index < -0.39 is 0 Å². The molecule has 1 aliphatic rings. The molecule has 1 aromatic heterocycles. The van der Waals surface area contributed by atoms with Crippen LogP contribution in [0.5, 0.6) is 0 Å². The molecule has 3 rings (SSSR count). The molecule has 2 aromatic rings. The van der Waals surface area contributed by atoms with Gasteiger partial charge in [-0.3, -0.25) is 4.79 Å². The molecule has 1 aliphatic carbocycles. The Morgan fingerprint density at radius 1 is 1.44 bits per heavy atom. The smallest absolute Gasteiger partial charge is 0.233 e. The van der Waals surface area contributed by atoms with Gasteiger partial charge in [-0.1, -0.05) is 52.0 Å². The van der Waals surface area contributed by atoms with Gasteiger partial charge in [-0.25, -0.2) is 0 Å². The van der Waals surface area contributed by atoms with Gasteiger partial charge >= 0.3 is 0 Å². The molecule has 25 heavy (non-hydrogen) atoms. The molecule has 1 amide bonds. The maximum absolute atomic E-state index is 12.4. The summed E-state index contributed by atoms with van der Waals surface area (Å²) in [6, 6.07) is 7.90. The van der Waals surface area contributed by atoms with Gasteiger partial charge in [0.1, 0.15) is 0 Å². The van der Waals surface area contributed by atoms with E-state index in [0.29, 0.717) is 5.75 Å². The molecule has 0 unspecified atom stereocenters. The number of amides is 1. The Bertz CT molecular complexity index is 720. The van der Waals surface area contributed by atoms with E-state index in [0.717, 1.165) is 45.1 Å². The summed E-state index contributed by atoms with van der Waals surface area (Å²) in [5.74, 6) is 1.36. The second-order valence-electron chi connectivity index (χ2n) is 6.08. The molecular formula is C17H21BrN4OS2. The lowest BCUT2D eigenvalue weighted by atomic mass is 10.3. The van der Waals surface area contributed by atoms with E-state index in [2.05, 4.69) is 38.4 Å². The zero-order valence-electron chi connectivity index (χ0n) is 14.1. The molecule has 0 bridgehead atoms. The maximum atomic E-state index is 12.4. The van der Waals surface area contributed by atoms with Crippen molar-refractivity contribution in [1.82, 2.24) is 15.1 Å². The Kier molecular flexibility index (Phi) is 6.72. The molecule has 0 atom stereocenters. The molecule has 134 valence electrons. The summed E-state index contributed by atoms with van der Waals surface area (Å²) < 4.78 is 1.82. The van der Waals surface area contributed by atoms with E-state index in [4.69, 9.17) is 0 Å². The van der Waals surface area contributed by atoms with Crippen molar-refractivity contribution in [1.29, 1.82) is 0 Å². The molecule has 1 saturated carbocycles. The van der Waals surface area contributed by atoms with Crippen molar-refractivity contribution in [3.8, 4) is 0 Å². The van der Waals surface area contributed by atoms with Crippen LogP contribution in [0.3, 0.4) is 0 Å². The first-order chi connectivity index (χ1) is 12.1. The number of aromatic nitrogens is 2. The average molecular weight is 441 g/mol. The molecule has 0 spiro atoms. The quantitative estimate of drug-likeness (QED) is 0.568. The van der Waals surface area contributed by atoms with Crippen LogP contribution in [0.15, 0.2) is 33.1 Å². The molecule has 8 heteroatoms. The Morgan fingerprint density at radius 3 is 3.00 bits per heavy atom. The highest BCUT2D eigenvalue weighted by Gasteiger charge is 2.26. The average Bonchev–Trinajstić information content (AvgIpc) is 3.30. The van der Waals surface area contributed by atoms with E-state index in [9.17, 15) is 4.79 Å². The van der Waals surface area contributed by atoms with Crippen molar-refractivity contribution in [3.05, 3.63) is 28.7 Å². The number of carbonyl (C=O) groups is 1. The van der Waals surface area contributed by atoms with E-state index in [1.165, 1.54) is 35.9 Å². The van der Waals surface area contributed by atoms with E-state index in [1.54, 1.807) is 0 Å². The zero-order valence-corrected chi connectivity index (χ0v) is 17.3. The predicted molar refractivity (Wildman–Crippen MR) is 108 cm³/mol. The topological polar surface area (TPSA) is 58.1 Å². The number of hydrogen-bond acceptors (Lipinski definition) is 6. The van der Waals surface area contributed by atoms with Crippen LogP contribution >= 0.6 is 39.0 Å². The third-order valence-electron chi connectivity index (χ3n) is 3.82. The normalized spacial score (nSPS) is 13.7. The fourth-order valence-electron chi connectivity index (χ4n) is 2.42. The number of hydrogen-bond donors (Lipinski definition) is 1. The van der Waals surface area contributed by atoms with E-state index in [1.807, 2.05) is 29.2 Å². The molecule has 1 N–H and O–H groups in total. The molecule has 1 heterocycles. The first-order valence-corrected chi connectivity index (χ1v) is 11.0. The minimum Gasteiger partial charge on any atom is -0.342 e. The standard InChI is InChI=1S/C17H21BrN4OS2/c1-2-8-22(10-12-6-7-12)15(23)11-24-17-21-20-16(25-17)19-14-5-3-4-13(18)9-14/h3-5,9,12H,2,6-8,10-11H2,1H3,(H,19,20). The van der Waals surface area contributed by atoms with Crippen molar-refractivity contribution >= 4 is 55.8 Å². The van der Waals surface area contributed by atoms with Gasteiger partial charge in [0.2, 0.25) is 11.0 Å². The van der Waals surface area contributed by atoms with E-state index >= 15 is 0 Å². The molecule has 0 saturated heterocycles. The molecule has 1 fully saturated rings. The van der Waals surface area contributed by atoms with Gasteiger partial charge in [0.05, 0.1) is 5.75 Å². The summed E-state index contributed by atoms with van der Waals surface area (Å²) >= 11 is 6.39. The van der Waals surface area contributed by atoms with Gasteiger partial charge in [-0.05, 0) is 43.4 Å². The molecule has 0 aliphatic heterocycles. The van der Waals surface area contributed by atoms with Crippen molar-refractivity contribution < 1.29 is 4.79 Å². The molecule has 1 aromatic carbocycles. The number of halogens is 1. The third kappa shape index (κ3) is 5.97. The van der Waals surface area contributed by atoms with Crippen molar-refractivity contribution in [3.63, 3.8) is 0 Å². The lowest BCUT2D eigenvalue weighted by Gasteiger charge is -2.21. The van der Waals surface area contributed by atoms with Crippen LogP contribution in [0.25, 0.3) is 0 Å². The Hall–Kier alpha value is -1.12. The van der Waals surface area contributed by atoms with Gasteiger partial charge in [-0.2, -0.15) is 0 Å². The van der Waals surface area contributed by atoms with Gasteiger partial charge in [0, 0.05) is 23.2 Å². The SMILES string of the molecule is CCCN(CC1CC1)C(=O)CSc1nnc(Nc2cccc(Br)c2)s1. The van der Waals surface area contributed by atoms with Crippen LogP contribution in [0, 0.1) is 5.92 Å². The van der Waals surface area contributed by atoms with Gasteiger partial charge < -0.3 is 10.2 Å². The summed E-state index contributed by atoms with van der Waals surface area (Å²) in [5, 5.41) is 12.3. The van der Waals surface area contributed by atoms with Crippen LogP contribution in [0.4, 0.5) is 10.8 Å². The Labute approximate surface area is 164 Å². The van der Waals surface area contributed by atoms with Crippen LogP contribution in [-0.4, -0.2) is 39.8 Å². The minimum absolute atomic E-state index is 0.204. The van der Waals surface area contributed by atoms with Crippen molar-refractivity contribution in [2.45, 2.75) is 30.5 Å². The number of nitrogens with zero attached hydrogens (tertiary/aromatic N) is 3. The summed E-state index contributed by atoms with van der Waals surface area (Å²) in [4.78, 5) is 14.5. The van der Waals surface area contributed by atoms with Crippen LogP contribution < -0.4 is 5.32 Å². The number of thioether (sulfide) groups is 1. The number of benzene rings is 1. The van der Waals surface area contributed by atoms with E-state index in [-0.39, 0.29) is 5.91 Å². The zero-order chi connectivity index (χ0) is 17.6. The Morgan fingerprint density at radius 2 is 2.28 bits per heavy atom. The molecular weight excluding hydrogens is 420 g/mol. The second-order valence-corrected chi connectivity index (χ2v) is 9.20. The minimum atomic E-state index is 0.204. The molecule has 5 nitrogen and oxygen atoms in total. The van der Waals surface area contributed by atoms with Gasteiger partial charge in [-0.15, -0.1) is 10.2 Å². The summed E-state index contributed by atoms with van der Waals surface area (Å²) in [7, 11) is 0. The number of carbonyl (C=O) groups excluding carboxylic acids is 1. The number of rotatable bonds is 9. The third-order valence-corrected chi connectivity index (χ3v) is 6.27. The predicted octanol–water partition coefficient (Wildman–Crippen LogP) is 4.78. The number of anilines is 2. The second kappa shape index (κ2) is 9.00. The monoisotopic (exact) mass is 440 g/mol. The van der Waals surface area contributed by atoms with Crippen molar-refractivity contribution in [2.24, 2.45) is 5.92 Å². The largest absolute Gasteiger partial charge is 0.342 e. The first-order valence-electron chi connectivity index (χ1n) is 8.40. The Balaban J connectivity index is 1.51. The lowest BCUT2D eigenvalue weighted by Crippen LogP contribution is -2.34. The highest BCUT2D eigenvalue weighted by molar-refractivity contribution is 9.10. The number of nitrogens with one attached hydrogen (secondary N) is 1. The highest BCUT2D eigenvalue weighted by atomic mass is 79.9. The summed E-state index contributed by atoms with van der Waals surface area (Å²) in [5.41, 5.74) is 0.955. The van der Waals surface area contributed by atoms with Gasteiger partial charge in [0.25, 0.3) is 0 Å². The van der Waals surface area contributed by atoms with Crippen LogP contribution in [0.1, 0.15) is 26.2 Å².